The molecule has 0 spiro atoms. The highest BCUT2D eigenvalue weighted by molar-refractivity contribution is 7.89. The molecule has 3 heterocycles. The Morgan fingerprint density at radius 2 is 2.21 bits per heavy atom. The standard InChI is InChI=1S/C16H14N4O3S/c1-18-10-12-8-15(13-4-2-6-19-14(13)9-17)20(11-12)24(21,22)16-5-3-7-23-16/h2-8,11,18H,10H2,1H3. The van der Waals surface area contributed by atoms with E-state index < -0.39 is 10.0 Å². The van der Waals surface area contributed by atoms with Crippen molar-refractivity contribution in [3.63, 3.8) is 0 Å². The predicted molar refractivity (Wildman–Crippen MR) is 86.4 cm³/mol. The fraction of sp³-hybridized carbons (Fsp3) is 0.125. The van der Waals surface area contributed by atoms with Crippen molar-refractivity contribution < 1.29 is 12.8 Å². The van der Waals surface area contributed by atoms with Crippen molar-refractivity contribution in [2.45, 2.75) is 11.6 Å². The van der Waals surface area contributed by atoms with Gasteiger partial charge >= 0.3 is 10.0 Å². The first-order valence-corrected chi connectivity index (χ1v) is 8.52. The van der Waals surface area contributed by atoms with Gasteiger partial charge in [0.25, 0.3) is 0 Å². The van der Waals surface area contributed by atoms with Gasteiger partial charge in [0.15, 0.2) is 0 Å². The molecule has 0 fully saturated rings. The molecule has 0 aliphatic rings. The monoisotopic (exact) mass is 342 g/mol. The first-order valence-electron chi connectivity index (χ1n) is 7.08. The van der Waals surface area contributed by atoms with Crippen LogP contribution in [0.25, 0.3) is 11.3 Å². The van der Waals surface area contributed by atoms with Gasteiger partial charge in [-0.1, -0.05) is 0 Å². The average Bonchev–Trinajstić information content (AvgIpc) is 3.25. The highest BCUT2D eigenvalue weighted by Gasteiger charge is 2.25. The van der Waals surface area contributed by atoms with E-state index in [1.54, 1.807) is 25.2 Å². The summed E-state index contributed by atoms with van der Waals surface area (Å²) in [7, 11) is -2.15. The fourth-order valence-electron chi connectivity index (χ4n) is 2.40. The van der Waals surface area contributed by atoms with Crippen molar-refractivity contribution in [2.75, 3.05) is 7.05 Å². The van der Waals surface area contributed by atoms with Gasteiger partial charge in [0.05, 0.1) is 12.0 Å². The van der Waals surface area contributed by atoms with Crippen LogP contribution < -0.4 is 5.32 Å². The van der Waals surface area contributed by atoms with E-state index in [0.29, 0.717) is 17.8 Å². The molecule has 3 rings (SSSR count). The average molecular weight is 342 g/mol. The minimum atomic E-state index is -3.91. The number of aromatic nitrogens is 2. The Morgan fingerprint density at radius 1 is 1.38 bits per heavy atom. The van der Waals surface area contributed by atoms with Gasteiger partial charge < -0.3 is 9.73 Å². The van der Waals surface area contributed by atoms with Crippen LogP contribution in [0.1, 0.15) is 11.3 Å². The molecule has 3 aromatic heterocycles. The number of furan rings is 1. The molecular formula is C16H14N4O3S. The highest BCUT2D eigenvalue weighted by Crippen LogP contribution is 2.28. The lowest BCUT2D eigenvalue weighted by molar-refractivity contribution is 0.447. The summed E-state index contributed by atoms with van der Waals surface area (Å²) >= 11 is 0. The van der Waals surface area contributed by atoms with Gasteiger partial charge in [-0.05, 0) is 42.9 Å². The van der Waals surface area contributed by atoms with Crippen LogP contribution in [0.4, 0.5) is 0 Å². The van der Waals surface area contributed by atoms with Crippen LogP contribution in [-0.4, -0.2) is 24.4 Å². The second-order valence-electron chi connectivity index (χ2n) is 5.01. The van der Waals surface area contributed by atoms with E-state index in [9.17, 15) is 13.7 Å². The van der Waals surface area contributed by atoms with Gasteiger partial charge in [0, 0.05) is 24.5 Å². The van der Waals surface area contributed by atoms with Gasteiger partial charge in [-0.15, -0.1) is 0 Å². The number of nitrogens with one attached hydrogen (secondary N) is 1. The van der Waals surface area contributed by atoms with Gasteiger partial charge in [0.2, 0.25) is 5.09 Å². The van der Waals surface area contributed by atoms with E-state index in [0.717, 1.165) is 9.54 Å². The lowest BCUT2D eigenvalue weighted by Gasteiger charge is -2.09. The van der Waals surface area contributed by atoms with E-state index in [4.69, 9.17) is 4.42 Å². The molecule has 0 amide bonds. The van der Waals surface area contributed by atoms with Crippen LogP contribution >= 0.6 is 0 Å². The molecule has 122 valence electrons. The van der Waals surface area contributed by atoms with Crippen LogP contribution in [0.3, 0.4) is 0 Å². The van der Waals surface area contributed by atoms with Crippen molar-refractivity contribution >= 4 is 10.0 Å². The summed E-state index contributed by atoms with van der Waals surface area (Å²) in [5.74, 6) is 0. The third-order valence-corrected chi connectivity index (χ3v) is 4.98. The number of nitrogens with zero attached hydrogens (tertiary/aromatic N) is 3. The largest absolute Gasteiger partial charge is 0.451 e. The third kappa shape index (κ3) is 2.71. The topological polar surface area (TPSA) is 101 Å². The zero-order chi connectivity index (χ0) is 17.2. The molecule has 0 aliphatic heterocycles. The lowest BCUT2D eigenvalue weighted by atomic mass is 10.1. The van der Waals surface area contributed by atoms with E-state index in [2.05, 4.69) is 10.3 Å². The van der Waals surface area contributed by atoms with Crippen molar-refractivity contribution in [1.29, 1.82) is 5.26 Å². The van der Waals surface area contributed by atoms with Crippen molar-refractivity contribution in [1.82, 2.24) is 14.3 Å². The molecule has 0 radical (unpaired) electrons. The molecule has 0 unspecified atom stereocenters. The maximum absolute atomic E-state index is 12.9. The van der Waals surface area contributed by atoms with Crippen molar-refractivity contribution in [3.05, 3.63) is 60.2 Å². The number of hydrogen-bond acceptors (Lipinski definition) is 6. The molecule has 3 aromatic rings. The Hall–Kier alpha value is -2.89. The molecule has 24 heavy (non-hydrogen) atoms. The predicted octanol–water partition coefficient (Wildman–Crippen LogP) is 1.97. The van der Waals surface area contributed by atoms with Crippen LogP contribution in [0.15, 0.2) is 58.5 Å². The van der Waals surface area contributed by atoms with Gasteiger partial charge in [-0.25, -0.2) is 8.96 Å². The van der Waals surface area contributed by atoms with E-state index in [-0.39, 0.29) is 10.8 Å². The summed E-state index contributed by atoms with van der Waals surface area (Å²) in [5.41, 5.74) is 1.72. The van der Waals surface area contributed by atoms with E-state index in [1.165, 1.54) is 30.8 Å². The van der Waals surface area contributed by atoms with Crippen LogP contribution in [0.5, 0.6) is 0 Å². The molecule has 8 heteroatoms. The summed E-state index contributed by atoms with van der Waals surface area (Å²) in [6, 6.07) is 9.92. The molecule has 0 aromatic carbocycles. The molecular weight excluding hydrogens is 328 g/mol. The Kier molecular flexibility index (Phi) is 4.20. The molecule has 0 bridgehead atoms. The number of nitriles is 1. The second kappa shape index (κ2) is 6.31. The third-order valence-electron chi connectivity index (χ3n) is 3.42. The second-order valence-corrected chi connectivity index (χ2v) is 6.75. The van der Waals surface area contributed by atoms with Gasteiger partial charge in [-0.3, -0.25) is 0 Å². The first kappa shape index (κ1) is 16.0. The van der Waals surface area contributed by atoms with Crippen LogP contribution in [0.2, 0.25) is 0 Å². The molecule has 1 N–H and O–H groups in total. The smallest absolute Gasteiger partial charge is 0.301 e. The van der Waals surface area contributed by atoms with Crippen molar-refractivity contribution in [3.8, 4) is 17.3 Å². The molecule has 0 aliphatic carbocycles. The normalized spacial score (nSPS) is 11.3. The maximum atomic E-state index is 12.9. The molecule has 0 saturated carbocycles. The zero-order valence-corrected chi connectivity index (χ0v) is 13.6. The lowest BCUT2D eigenvalue weighted by Crippen LogP contribution is -2.13. The summed E-state index contributed by atoms with van der Waals surface area (Å²) < 4.78 is 31.9. The summed E-state index contributed by atoms with van der Waals surface area (Å²) in [6.45, 7) is 0.482. The SMILES string of the molecule is CNCc1cc(-c2cccnc2C#N)n(S(=O)(=O)c2ccco2)c1. The highest BCUT2D eigenvalue weighted by atomic mass is 32.2. The fourth-order valence-corrected chi connectivity index (χ4v) is 3.71. The Bertz CT molecular complexity index is 998. The molecule has 0 saturated heterocycles. The van der Waals surface area contributed by atoms with Gasteiger partial charge in [0.1, 0.15) is 11.8 Å². The zero-order valence-electron chi connectivity index (χ0n) is 12.8. The quantitative estimate of drug-likeness (QED) is 0.761. The first-order chi connectivity index (χ1) is 11.6. The molecule has 7 nitrogen and oxygen atoms in total. The van der Waals surface area contributed by atoms with Crippen molar-refractivity contribution in [2.24, 2.45) is 0 Å². The van der Waals surface area contributed by atoms with Crippen LogP contribution in [-0.2, 0) is 16.6 Å². The van der Waals surface area contributed by atoms with Gasteiger partial charge in [-0.2, -0.15) is 13.7 Å². The summed E-state index contributed by atoms with van der Waals surface area (Å²) in [5, 5.41) is 12.1. The number of pyridine rings is 1. The molecule has 0 atom stereocenters. The Morgan fingerprint density at radius 3 is 2.88 bits per heavy atom. The number of hydrogen-bond donors (Lipinski definition) is 1. The Labute approximate surface area is 139 Å². The minimum absolute atomic E-state index is 0.155. The van der Waals surface area contributed by atoms with E-state index in [1.807, 2.05) is 6.07 Å². The summed E-state index contributed by atoms with van der Waals surface area (Å²) in [4.78, 5) is 4.01. The Balaban J connectivity index is 2.25. The van der Waals surface area contributed by atoms with Crippen LogP contribution in [0, 0.1) is 11.3 Å². The number of rotatable bonds is 5. The van der Waals surface area contributed by atoms with E-state index >= 15 is 0 Å². The summed E-state index contributed by atoms with van der Waals surface area (Å²) in [6.07, 6.45) is 4.30. The maximum Gasteiger partial charge on any atom is 0.301 e. The minimum Gasteiger partial charge on any atom is -0.451 e.